The molecule has 3 saturated heterocycles. The highest BCUT2D eigenvalue weighted by molar-refractivity contribution is 5.88. The van der Waals surface area contributed by atoms with Crippen LogP contribution in [0.25, 0.3) is 0 Å². The summed E-state index contributed by atoms with van der Waals surface area (Å²) in [7, 11) is 4.68. The number of hydrogen-bond donors (Lipinski definition) is 3. The van der Waals surface area contributed by atoms with Gasteiger partial charge in [-0.2, -0.15) is 0 Å². The van der Waals surface area contributed by atoms with Crippen molar-refractivity contribution in [3.63, 3.8) is 0 Å². The minimum absolute atomic E-state index is 0. The predicted molar refractivity (Wildman–Crippen MR) is 215 cm³/mol. The maximum absolute atomic E-state index is 12.0. The van der Waals surface area contributed by atoms with Crippen molar-refractivity contribution in [1.29, 1.82) is 0 Å². The zero-order chi connectivity index (χ0) is 43.9. The van der Waals surface area contributed by atoms with Gasteiger partial charge in [-0.05, 0) is 87.1 Å². The number of nitrogens with one attached hydrogen (secondary N) is 1. The van der Waals surface area contributed by atoms with Crippen LogP contribution in [0.3, 0.4) is 0 Å². The van der Waals surface area contributed by atoms with Crippen molar-refractivity contribution in [3.05, 3.63) is 0 Å². The van der Waals surface area contributed by atoms with Crippen LogP contribution in [0.1, 0.15) is 99.3 Å². The molecule has 0 radical (unpaired) electrons. The van der Waals surface area contributed by atoms with E-state index < -0.39 is 23.5 Å². The van der Waals surface area contributed by atoms with E-state index in [1.807, 2.05) is 20.8 Å². The summed E-state index contributed by atoms with van der Waals surface area (Å²) in [6, 6.07) is 0. The van der Waals surface area contributed by atoms with Gasteiger partial charge in [0.05, 0.1) is 19.6 Å². The fourth-order valence-electron chi connectivity index (χ4n) is 5.29. The third-order valence-corrected chi connectivity index (χ3v) is 7.99. The fourth-order valence-corrected chi connectivity index (χ4v) is 5.29. The zero-order valence-corrected chi connectivity index (χ0v) is 36.6. The summed E-state index contributed by atoms with van der Waals surface area (Å²) in [5.41, 5.74) is -0.933. The van der Waals surface area contributed by atoms with Gasteiger partial charge in [0.1, 0.15) is 30.8 Å². The van der Waals surface area contributed by atoms with E-state index in [1.165, 1.54) is 21.7 Å². The Balaban J connectivity index is 0. The largest absolute Gasteiger partial charge is 0.480 e. The maximum Gasteiger partial charge on any atom is 0.326 e. The molecule has 0 spiro atoms. The number of carboxylic acid groups (broad SMARTS) is 2. The van der Waals surface area contributed by atoms with Gasteiger partial charge in [0.2, 0.25) is 29.5 Å². The van der Waals surface area contributed by atoms with Crippen molar-refractivity contribution in [3.8, 4) is 0 Å². The second-order valence-corrected chi connectivity index (χ2v) is 15.8. The number of likely N-dealkylation sites (tertiary alicyclic amines) is 3. The Kier molecular flexibility index (Phi) is 26.8. The molecule has 3 heterocycles. The van der Waals surface area contributed by atoms with Crippen LogP contribution < -0.4 is 5.32 Å². The van der Waals surface area contributed by atoms with Gasteiger partial charge in [-0.25, -0.2) is 0 Å². The average Bonchev–Trinajstić information content (AvgIpc) is 3.06. The molecule has 3 rings (SSSR count). The van der Waals surface area contributed by atoms with E-state index in [1.54, 1.807) is 39.8 Å². The lowest BCUT2D eigenvalue weighted by Crippen LogP contribution is -2.45. The first-order valence-electron chi connectivity index (χ1n) is 19.2. The third kappa shape index (κ3) is 27.2. The highest BCUT2D eigenvalue weighted by atomic mass is 35.5. The van der Waals surface area contributed by atoms with E-state index in [4.69, 9.17) is 19.7 Å². The summed E-state index contributed by atoms with van der Waals surface area (Å²) in [5, 5.41) is 19.6. The summed E-state index contributed by atoms with van der Waals surface area (Å²) < 4.78 is 10.1. The number of amides is 5. The van der Waals surface area contributed by atoms with Gasteiger partial charge in [-0.3, -0.25) is 43.2 Å². The summed E-state index contributed by atoms with van der Waals surface area (Å²) in [5.74, 6) is -3.27. The number of rotatable bonds is 12. The van der Waals surface area contributed by atoms with Crippen molar-refractivity contribution in [2.24, 2.45) is 0 Å². The molecule has 0 aromatic heterocycles. The first kappa shape index (κ1) is 55.6. The molecule has 3 aliphatic heterocycles. The average molecular weight is 851 g/mol. The maximum atomic E-state index is 12.0. The van der Waals surface area contributed by atoms with Crippen LogP contribution in [0.4, 0.5) is 0 Å². The van der Waals surface area contributed by atoms with E-state index >= 15 is 0 Å². The van der Waals surface area contributed by atoms with Gasteiger partial charge in [-0.1, -0.05) is 0 Å². The lowest BCUT2D eigenvalue weighted by Gasteiger charge is -2.28. The number of carboxylic acids is 2. The van der Waals surface area contributed by atoms with E-state index in [-0.39, 0.29) is 92.8 Å². The van der Waals surface area contributed by atoms with Gasteiger partial charge in [-0.15, -0.1) is 12.4 Å². The SMILES string of the molecule is CN(CC(=O)O)C(=O)CN1CCCCC1=O.CN(CC(=O)OC(C)(C)C)C(=O)CN1CCCCC1=O.CNCC(=O)OC(C)(C)C.Cl.O=C(O)CN1CCCCC1=O. The molecule has 3 fully saturated rings. The van der Waals surface area contributed by atoms with Crippen molar-refractivity contribution >= 4 is 65.8 Å². The van der Waals surface area contributed by atoms with E-state index in [0.717, 1.165) is 43.4 Å². The summed E-state index contributed by atoms with van der Waals surface area (Å²) >= 11 is 0. The lowest BCUT2D eigenvalue weighted by molar-refractivity contribution is -0.158. The van der Waals surface area contributed by atoms with Gasteiger partial charge in [0.25, 0.3) is 0 Å². The van der Waals surface area contributed by atoms with E-state index in [9.17, 15) is 43.2 Å². The van der Waals surface area contributed by atoms with Crippen molar-refractivity contribution in [2.75, 3.05) is 80.0 Å². The molecule has 5 amide bonds. The number of likely N-dealkylation sites (N-methyl/N-ethyl adjacent to an activating group) is 3. The Hall–Kier alpha value is -4.52. The Labute approximate surface area is 348 Å². The van der Waals surface area contributed by atoms with Crippen LogP contribution in [-0.2, 0) is 52.6 Å². The molecule has 0 unspecified atom stereocenters. The molecule has 0 saturated carbocycles. The molecule has 0 aromatic rings. The molecule has 0 bridgehead atoms. The number of nitrogens with zero attached hydrogens (tertiary/aromatic N) is 5. The predicted octanol–water partition coefficient (Wildman–Crippen LogP) is 1.39. The summed E-state index contributed by atoms with van der Waals surface area (Å²) in [6.45, 7) is 12.4. The van der Waals surface area contributed by atoms with Crippen LogP contribution in [0.15, 0.2) is 0 Å². The number of ether oxygens (including phenoxy) is 2. The van der Waals surface area contributed by atoms with Crippen LogP contribution >= 0.6 is 12.4 Å². The molecule has 19 nitrogen and oxygen atoms in total. The monoisotopic (exact) mass is 850 g/mol. The highest BCUT2D eigenvalue weighted by Gasteiger charge is 2.25. The van der Waals surface area contributed by atoms with Crippen LogP contribution in [0, 0.1) is 0 Å². The highest BCUT2D eigenvalue weighted by Crippen LogP contribution is 2.13. The number of carbonyl (C=O) groups excluding carboxylic acids is 7. The number of esters is 2. The van der Waals surface area contributed by atoms with Crippen LogP contribution in [0.2, 0.25) is 0 Å². The number of piperidine rings is 3. The van der Waals surface area contributed by atoms with Crippen molar-refractivity contribution in [1.82, 2.24) is 29.8 Å². The Morgan fingerprint density at radius 3 is 1.24 bits per heavy atom. The van der Waals surface area contributed by atoms with Gasteiger partial charge >= 0.3 is 23.9 Å². The van der Waals surface area contributed by atoms with Crippen molar-refractivity contribution in [2.45, 2.75) is 111 Å². The zero-order valence-electron chi connectivity index (χ0n) is 35.8. The number of halogens is 1. The molecular weight excluding hydrogens is 784 g/mol. The van der Waals surface area contributed by atoms with Gasteiger partial charge in [0, 0.05) is 53.0 Å². The van der Waals surface area contributed by atoms with Crippen LogP contribution in [-0.4, -0.2) is 179 Å². The Morgan fingerprint density at radius 1 is 0.586 bits per heavy atom. The standard InChI is InChI=1S/C14H24N2O4.C10H16N2O4.C7H11NO3.C7H15NO2.ClH/c1-14(2,3)20-13(19)10-15(4)12(18)9-16-8-6-5-7-11(16)17;1-11(7-10(15)16)9(14)6-12-5-3-2-4-8(12)13;9-6-3-1-2-4-8(6)5-7(10)11;1-7(2,3)10-6(9)5-8-4;/h5-10H2,1-4H3;2-7H2,1H3,(H,15,16);1-5H2,(H,10,11);8H,5H2,1-4H3;1H. The summed E-state index contributed by atoms with van der Waals surface area (Å²) in [6.07, 6.45) is 6.91. The number of carbonyl (C=O) groups is 9. The van der Waals surface area contributed by atoms with Crippen molar-refractivity contribution < 1.29 is 62.8 Å². The van der Waals surface area contributed by atoms with Gasteiger partial charge in [0.15, 0.2) is 0 Å². The van der Waals surface area contributed by atoms with Crippen LogP contribution in [0.5, 0.6) is 0 Å². The molecule has 0 atom stereocenters. The topological polar surface area (TPSA) is 241 Å². The van der Waals surface area contributed by atoms with E-state index in [0.29, 0.717) is 38.9 Å². The minimum Gasteiger partial charge on any atom is -0.480 e. The molecule has 3 N–H and O–H groups in total. The second kappa shape index (κ2) is 28.0. The first-order valence-corrected chi connectivity index (χ1v) is 19.2. The minimum atomic E-state index is -1.05. The second-order valence-electron chi connectivity index (χ2n) is 15.8. The molecular formula is C38H67ClN6O13. The van der Waals surface area contributed by atoms with Gasteiger partial charge < -0.3 is 49.5 Å². The lowest BCUT2D eigenvalue weighted by atomic mass is 10.1. The molecule has 20 heteroatoms. The summed E-state index contributed by atoms with van der Waals surface area (Å²) in [4.78, 5) is 107. The smallest absolute Gasteiger partial charge is 0.326 e. The fraction of sp³-hybridized carbons (Fsp3) is 0.763. The quantitative estimate of drug-likeness (QED) is 0.235. The molecule has 0 aromatic carbocycles. The number of hydrogen-bond acceptors (Lipinski definition) is 12. The molecule has 334 valence electrons. The molecule has 0 aliphatic carbocycles. The third-order valence-electron chi connectivity index (χ3n) is 7.99. The molecule has 3 aliphatic rings. The first-order chi connectivity index (χ1) is 26.3. The Morgan fingerprint density at radius 2 is 0.931 bits per heavy atom. The van der Waals surface area contributed by atoms with E-state index in [2.05, 4.69) is 5.32 Å². The molecule has 58 heavy (non-hydrogen) atoms. The normalized spacial score (nSPS) is 15.4. The number of aliphatic carboxylic acids is 2. The Bertz CT molecular complexity index is 1380.